The maximum Gasteiger partial charge on any atom is 0.355 e. The van der Waals surface area contributed by atoms with Gasteiger partial charge < -0.3 is 34.6 Å². The van der Waals surface area contributed by atoms with Crippen LogP contribution < -0.4 is 34.9 Å². The van der Waals surface area contributed by atoms with E-state index in [9.17, 15) is 9.59 Å². The van der Waals surface area contributed by atoms with Crippen LogP contribution in [0.25, 0.3) is 0 Å². The summed E-state index contributed by atoms with van der Waals surface area (Å²) in [4.78, 5) is 44.1. The summed E-state index contributed by atoms with van der Waals surface area (Å²) in [6.07, 6.45) is 1.45. The third-order valence-electron chi connectivity index (χ3n) is 6.10. The molecule has 45 heavy (non-hydrogen) atoms. The number of nitrogens with zero attached hydrogens (tertiary/aromatic N) is 4. The number of quaternary nitrogens is 2. The van der Waals surface area contributed by atoms with Crippen molar-refractivity contribution >= 4 is 47.8 Å². The molecule has 0 aliphatic carbocycles. The summed E-state index contributed by atoms with van der Waals surface area (Å²) < 4.78 is 0. The van der Waals surface area contributed by atoms with Crippen LogP contribution in [0.15, 0.2) is 82.8 Å². The molecule has 5 rings (SSSR count). The number of benzene rings is 3. The number of aldehydes is 2. The van der Waals surface area contributed by atoms with Crippen LogP contribution in [-0.2, 0) is 30.7 Å². The van der Waals surface area contributed by atoms with E-state index in [2.05, 4.69) is 9.98 Å². The van der Waals surface area contributed by atoms with Gasteiger partial charge in [-0.25, -0.2) is 0 Å². The zero-order chi connectivity index (χ0) is 30.8. The predicted octanol–water partition coefficient (Wildman–Crippen LogP) is -3.25. The van der Waals surface area contributed by atoms with E-state index in [1.165, 1.54) is 0 Å². The Morgan fingerprint density at radius 3 is 1.13 bits per heavy atom. The average Bonchev–Trinajstić information content (AvgIpc) is 3.58. The van der Waals surface area contributed by atoms with Gasteiger partial charge in [0.2, 0.25) is 12.3 Å². The van der Waals surface area contributed by atoms with Gasteiger partial charge in [-0.1, -0.05) is 47.5 Å². The Bertz CT molecular complexity index is 1290. The Kier molecular flexibility index (Phi) is 19.2. The molecule has 15 heteroatoms. The topological polar surface area (TPSA) is 92.7 Å². The van der Waals surface area contributed by atoms with E-state index in [0.717, 1.165) is 43.9 Å². The molecule has 0 fully saturated rings. The molecule has 3 aromatic rings. The van der Waals surface area contributed by atoms with Crippen molar-refractivity contribution in [1.82, 2.24) is 9.80 Å². The molecule has 2 heterocycles. The minimum atomic E-state index is -0.0188. The Morgan fingerprint density at radius 1 is 0.622 bits per heavy atom. The van der Waals surface area contributed by atoms with Gasteiger partial charge in [-0.3, -0.25) is 19.3 Å². The van der Waals surface area contributed by atoms with E-state index in [-0.39, 0.29) is 58.2 Å². The summed E-state index contributed by atoms with van der Waals surface area (Å²) in [5.74, 6) is 0. The molecule has 2 aliphatic heterocycles. The molecular formula is C30H36Cl4N6O4Pt. The van der Waals surface area contributed by atoms with E-state index in [1.54, 1.807) is 24.3 Å². The van der Waals surface area contributed by atoms with Gasteiger partial charge >= 0.3 is 12.0 Å². The van der Waals surface area contributed by atoms with Crippen molar-refractivity contribution in [2.24, 2.45) is 9.98 Å². The molecule has 248 valence electrons. The van der Waals surface area contributed by atoms with Crippen LogP contribution in [0.1, 0.15) is 44.2 Å². The first-order chi connectivity index (χ1) is 20.0. The van der Waals surface area contributed by atoms with Gasteiger partial charge in [-0.2, -0.15) is 9.98 Å². The third-order valence-corrected chi connectivity index (χ3v) is 6.60. The maximum atomic E-state index is 10.1. The number of halogens is 4. The molecule has 2 N–H and O–H groups in total. The van der Waals surface area contributed by atoms with Crippen molar-refractivity contribution in [1.29, 1.82) is 0 Å². The molecule has 0 radical (unpaired) electrons. The second-order valence-electron chi connectivity index (χ2n) is 9.85. The van der Waals surface area contributed by atoms with E-state index in [0.29, 0.717) is 23.2 Å². The van der Waals surface area contributed by atoms with Crippen LogP contribution >= 0.6 is 23.2 Å². The summed E-state index contributed by atoms with van der Waals surface area (Å²) in [5, 5.41) is 3.26. The molecule has 0 aromatic heterocycles. The normalized spacial score (nSPS) is 18.9. The summed E-state index contributed by atoms with van der Waals surface area (Å²) >= 11 is 11.7. The zero-order valence-corrected chi connectivity index (χ0v) is 30.8. The number of hydrogen-bond acceptors (Lipinski definition) is 8. The quantitative estimate of drug-likeness (QED) is 0.268. The first-order valence-electron chi connectivity index (χ1n) is 13.1. The standard InChI is InChI=1S/2C11H14ClN3O.C8H6O2.2ClH.Pt/c2*1-14(2)11-13-10(15(3)16-11)8-4-6-9(12)7-5-8;9-5-7-1-2-8(6-10)4-3-7;;;/h2*4-7,10H,1-3H3;1-6H;2*1H;/t2*10-;;;;/m10..../s1. The number of carbonyl (C=O) groups excluding carboxylic acids is 2. The average molecular weight is 882 g/mol. The number of aliphatic imine (C=N–C) groups is 2. The molecule has 0 saturated carbocycles. The number of nitrogens with one attached hydrogen (secondary N) is 2. The first kappa shape index (κ1) is 42.3. The van der Waals surface area contributed by atoms with Gasteiger partial charge in [-0.05, 0) is 48.5 Å². The van der Waals surface area contributed by atoms with Gasteiger partial charge in [0.15, 0.2) is 0 Å². The monoisotopic (exact) mass is 879 g/mol. The van der Waals surface area contributed by atoms with Crippen LogP contribution in [-0.4, -0.2) is 76.7 Å². The Hall–Kier alpha value is -2.69. The minimum absolute atomic E-state index is 0. The molecule has 3 aromatic carbocycles. The fourth-order valence-electron chi connectivity index (χ4n) is 3.83. The Labute approximate surface area is 301 Å². The van der Waals surface area contributed by atoms with Crippen molar-refractivity contribution in [3.63, 3.8) is 0 Å². The number of hydrogen-bond donors (Lipinski definition) is 2. The predicted molar refractivity (Wildman–Crippen MR) is 164 cm³/mol. The van der Waals surface area contributed by atoms with Gasteiger partial charge in [-0.15, -0.1) is 10.1 Å². The number of carbonyl (C=O) groups is 2. The minimum Gasteiger partial charge on any atom is -1.00 e. The van der Waals surface area contributed by atoms with Crippen molar-refractivity contribution in [3.8, 4) is 0 Å². The number of hydroxylamine groups is 4. The maximum absolute atomic E-state index is 10.1. The summed E-state index contributed by atoms with van der Waals surface area (Å²) in [6, 6.07) is 23.1. The molecule has 2 unspecified atom stereocenters. The zero-order valence-electron chi connectivity index (χ0n) is 25.5. The molecule has 2 aliphatic rings. The molecule has 0 amide bonds. The van der Waals surface area contributed by atoms with Crippen molar-refractivity contribution < 1.29 is 75.3 Å². The van der Waals surface area contributed by atoms with Crippen molar-refractivity contribution in [2.75, 3.05) is 42.3 Å². The Balaban J connectivity index is 0.000000642. The molecule has 0 saturated heterocycles. The van der Waals surface area contributed by atoms with Crippen LogP contribution in [0, 0.1) is 0 Å². The fraction of sp³-hybridized carbons (Fsp3) is 0.267. The summed E-state index contributed by atoms with van der Waals surface area (Å²) in [7, 11) is 11.5. The van der Waals surface area contributed by atoms with E-state index < -0.39 is 0 Å². The van der Waals surface area contributed by atoms with Crippen molar-refractivity contribution in [3.05, 3.63) is 105 Å². The van der Waals surface area contributed by atoms with Crippen LogP contribution in [0.2, 0.25) is 10.0 Å². The van der Waals surface area contributed by atoms with Gasteiger partial charge in [0.25, 0.3) is 0 Å². The second kappa shape index (κ2) is 20.4. The SMILES string of the molecule is CN(C)C1=N[C@@H](c2ccc(Cl)cc2)[NH+](C)O1.CN(C)C1=N[C@H](c2ccc(Cl)cc2)[NH+](C)O1.O=Cc1ccc(C=O)cc1.[Cl-].[Cl-].[Pt]. The molecule has 0 spiro atoms. The van der Waals surface area contributed by atoms with Crippen LogP contribution in [0.3, 0.4) is 0 Å². The van der Waals surface area contributed by atoms with E-state index in [1.807, 2.05) is 101 Å². The van der Waals surface area contributed by atoms with Crippen LogP contribution in [0.4, 0.5) is 0 Å². The van der Waals surface area contributed by atoms with Gasteiger partial charge in [0.1, 0.15) is 26.7 Å². The van der Waals surface area contributed by atoms with Crippen LogP contribution in [0.5, 0.6) is 0 Å². The fourth-order valence-corrected chi connectivity index (χ4v) is 4.08. The third kappa shape index (κ3) is 12.6. The van der Waals surface area contributed by atoms with Crippen molar-refractivity contribution in [2.45, 2.75) is 12.3 Å². The molecular weight excluding hydrogens is 845 g/mol. The molecule has 10 nitrogen and oxygen atoms in total. The van der Waals surface area contributed by atoms with E-state index in [4.69, 9.17) is 32.9 Å². The molecule has 4 atom stereocenters. The summed E-state index contributed by atoms with van der Waals surface area (Å²) in [6.45, 7) is 0. The molecule has 0 bridgehead atoms. The van der Waals surface area contributed by atoms with E-state index >= 15 is 0 Å². The van der Waals surface area contributed by atoms with Gasteiger partial charge in [0.05, 0.1) is 0 Å². The first-order valence-corrected chi connectivity index (χ1v) is 13.8. The number of amidine groups is 2. The number of rotatable bonds is 4. The summed E-state index contributed by atoms with van der Waals surface area (Å²) in [5.41, 5.74) is 3.37. The van der Waals surface area contributed by atoms with Gasteiger partial charge in [0, 0.05) is 81.6 Å². The smallest absolute Gasteiger partial charge is 0.355 e. The Morgan fingerprint density at radius 2 is 0.911 bits per heavy atom. The largest absolute Gasteiger partial charge is 1.00 e. The second-order valence-corrected chi connectivity index (χ2v) is 10.7.